The molecule has 1 aromatic heterocycles. The molecular formula is C21H24FN3O3. The highest BCUT2D eigenvalue weighted by molar-refractivity contribution is 5.81. The third-order valence-electron chi connectivity index (χ3n) is 6.32. The van der Waals surface area contributed by atoms with E-state index in [2.05, 4.69) is 10.1 Å². The van der Waals surface area contributed by atoms with Crippen LogP contribution in [0.5, 0.6) is 0 Å². The van der Waals surface area contributed by atoms with Crippen LogP contribution in [0, 0.1) is 12.7 Å². The van der Waals surface area contributed by atoms with Gasteiger partial charge >= 0.3 is 0 Å². The molecule has 2 atom stereocenters. The number of amides is 1. The second-order valence-corrected chi connectivity index (χ2v) is 8.22. The summed E-state index contributed by atoms with van der Waals surface area (Å²) in [5, 5.41) is 4.21. The van der Waals surface area contributed by atoms with Gasteiger partial charge < -0.3 is 14.2 Å². The van der Waals surface area contributed by atoms with Gasteiger partial charge in [-0.2, -0.15) is 4.98 Å². The number of likely N-dealkylation sites (tertiary alicyclic amines) is 1. The van der Waals surface area contributed by atoms with E-state index in [1.165, 1.54) is 6.07 Å². The Labute approximate surface area is 163 Å². The van der Waals surface area contributed by atoms with E-state index in [9.17, 15) is 9.18 Å². The molecule has 2 saturated heterocycles. The lowest BCUT2D eigenvalue weighted by Crippen LogP contribution is -2.36. The standard InChI is InChI=1S/C21H24FN3O3/c1-13-4-5-14(22)12-15(13)21(8-9-21)20-23-18(28-24-20)16-6-7-17(27-16)19(26)25-10-2-3-11-25/h4-5,12,16-17H,2-3,6-11H2,1H3/t16-,17+/m0/s1. The number of aromatic nitrogens is 2. The van der Waals surface area contributed by atoms with Crippen molar-refractivity contribution in [2.75, 3.05) is 13.1 Å². The topological polar surface area (TPSA) is 68.5 Å². The van der Waals surface area contributed by atoms with Gasteiger partial charge in [0.25, 0.3) is 11.8 Å². The fourth-order valence-corrected chi connectivity index (χ4v) is 4.55. The molecule has 2 aliphatic heterocycles. The lowest BCUT2D eigenvalue weighted by Gasteiger charge is -2.19. The number of aryl methyl sites for hydroxylation is 1. The smallest absolute Gasteiger partial charge is 0.255 e. The summed E-state index contributed by atoms with van der Waals surface area (Å²) in [5.74, 6) is 0.841. The van der Waals surface area contributed by atoms with Crippen molar-refractivity contribution in [1.82, 2.24) is 15.0 Å². The van der Waals surface area contributed by atoms with E-state index in [1.54, 1.807) is 12.1 Å². The van der Waals surface area contributed by atoms with Gasteiger partial charge in [-0.3, -0.25) is 4.79 Å². The molecule has 0 N–H and O–H groups in total. The third kappa shape index (κ3) is 2.92. The van der Waals surface area contributed by atoms with Crippen LogP contribution in [0.3, 0.4) is 0 Å². The predicted octanol–water partition coefficient (Wildman–Crippen LogP) is 3.44. The maximum atomic E-state index is 13.8. The summed E-state index contributed by atoms with van der Waals surface area (Å²) in [6.45, 7) is 3.62. The van der Waals surface area contributed by atoms with E-state index in [4.69, 9.17) is 9.26 Å². The number of rotatable bonds is 4. The van der Waals surface area contributed by atoms with Crippen LogP contribution in [-0.2, 0) is 14.9 Å². The molecule has 1 aromatic carbocycles. The van der Waals surface area contributed by atoms with Crippen LogP contribution in [0.15, 0.2) is 22.7 Å². The summed E-state index contributed by atoms with van der Waals surface area (Å²) >= 11 is 0. The van der Waals surface area contributed by atoms with Crippen LogP contribution in [0.2, 0.25) is 0 Å². The Hall–Kier alpha value is -2.28. The Morgan fingerprint density at radius 3 is 2.79 bits per heavy atom. The van der Waals surface area contributed by atoms with Crippen LogP contribution in [0.4, 0.5) is 4.39 Å². The van der Waals surface area contributed by atoms with Gasteiger partial charge in [0.15, 0.2) is 5.82 Å². The Bertz CT molecular complexity index is 902. The minimum atomic E-state index is -0.418. The minimum Gasteiger partial charge on any atom is -0.355 e. The summed E-state index contributed by atoms with van der Waals surface area (Å²) < 4.78 is 25.3. The van der Waals surface area contributed by atoms with Crippen LogP contribution < -0.4 is 0 Å². The molecule has 0 spiro atoms. The van der Waals surface area contributed by atoms with Crippen molar-refractivity contribution < 1.29 is 18.4 Å². The number of benzene rings is 1. The van der Waals surface area contributed by atoms with E-state index in [0.29, 0.717) is 24.6 Å². The lowest BCUT2D eigenvalue weighted by molar-refractivity contribution is -0.142. The van der Waals surface area contributed by atoms with Crippen molar-refractivity contribution in [2.24, 2.45) is 0 Å². The summed E-state index contributed by atoms with van der Waals surface area (Å²) in [7, 11) is 0. The van der Waals surface area contributed by atoms with Crippen LogP contribution in [0.25, 0.3) is 0 Å². The fourth-order valence-electron chi connectivity index (χ4n) is 4.55. The number of ether oxygens (including phenoxy) is 1. The molecule has 148 valence electrons. The molecule has 5 rings (SSSR count). The minimum absolute atomic E-state index is 0.0776. The number of hydrogen-bond acceptors (Lipinski definition) is 5. The zero-order valence-corrected chi connectivity index (χ0v) is 16.0. The Morgan fingerprint density at radius 2 is 2.04 bits per heavy atom. The summed E-state index contributed by atoms with van der Waals surface area (Å²) in [6, 6.07) is 4.84. The Kier molecular flexibility index (Phi) is 4.23. The predicted molar refractivity (Wildman–Crippen MR) is 98.1 cm³/mol. The molecule has 3 aliphatic rings. The summed E-state index contributed by atoms with van der Waals surface area (Å²) in [6.07, 6.45) is 4.48. The zero-order valence-electron chi connectivity index (χ0n) is 16.0. The van der Waals surface area contributed by atoms with Gasteiger partial charge in [0.1, 0.15) is 18.0 Å². The lowest BCUT2D eigenvalue weighted by atomic mass is 9.91. The van der Waals surface area contributed by atoms with Gasteiger partial charge in [0.05, 0.1) is 5.41 Å². The molecule has 7 heteroatoms. The normalized spacial score (nSPS) is 26.0. The third-order valence-corrected chi connectivity index (χ3v) is 6.32. The van der Waals surface area contributed by atoms with E-state index in [0.717, 1.165) is 49.9 Å². The van der Waals surface area contributed by atoms with Crippen molar-refractivity contribution in [3.8, 4) is 0 Å². The highest BCUT2D eigenvalue weighted by atomic mass is 19.1. The molecule has 1 aliphatic carbocycles. The molecule has 3 heterocycles. The average molecular weight is 385 g/mol. The fraction of sp³-hybridized carbons (Fsp3) is 0.571. The van der Waals surface area contributed by atoms with Crippen molar-refractivity contribution in [3.63, 3.8) is 0 Å². The zero-order chi connectivity index (χ0) is 19.3. The van der Waals surface area contributed by atoms with E-state index in [-0.39, 0.29) is 23.2 Å². The SMILES string of the molecule is Cc1ccc(F)cc1C1(c2noc([C@@H]3CC[C@H](C(=O)N4CCCC4)O3)n2)CC1. The van der Waals surface area contributed by atoms with Gasteiger partial charge in [0.2, 0.25) is 0 Å². The molecule has 3 fully saturated rings. The molecule has 0 radical (unpaired) electrons. The highest BCUT2D eigenvalue weighted by Crippen LogP contribution is 2.53. The number of nitrogens with zero attached hydrogens (tertiary/aromatic N) is 3. The van der Waals surface area contributed by atoms with Gasteiger partial charge in [-0.05, 0) is 68.7 Å². The summed E-state index contributed by atoms with van der Waals surface area (Å²) in [4.78, 5) is 19.1. The quantitative estimate of drug-likeness (QED) is 0.806. The molecule has 1 amide bonds. The van der Waals surface area contributed by atoms with Gasteiger partial charge in [-0.25, -0.2) is 4.39 Å². The number of halogens is 1. The first-order valence-corrected chi connectivity index (χ1v) is 10.1. The number of carbonyl (C=O) groups excluding carboxylic acids is 1. The molecule has 6 nitrogen and oxygen atoms in total. The second-order valence-electron chi connectivity index (χ2n) is 8.22. The Balaban J connectivity index is 1.33. The first kappa shape index (κ1) is 17.8. The van der Waals surface area contributed by atoms with Crippen LogP contribution >= 0.6 is 0 Å². The molecule has 2 aromatic rings. The highest BCUT2D eigenvalue weighted by Gasteiger charge is 2.51. The Morgan fingerprint density at radius 1 is 1.25 bits per heavy atom. The number of carbonyl (C=O) groups is 1. The molecule has 0 unspecified atom stereocenters. The molecule has 1 saturated carbocycles. The average Bonchev–Trinajstić information content (AvgIpc) is 3.16. The monoisotopic (exact) mass is 385 g/mol. The van der Waals surface area contributed by atoms with Crippen molar-refractivity contribution >= 4 is 5.91 Å². The van der Waals surface area contributed by atoms with E-state index >= 15 is 0 Å². The van der Waals surface area contributed by atoms with E-state index in [1.807, 2.05) is 11.8 Å². The number of hydrogen-bond donors (Lipinski definition) is 0. The first-order chi connectivity index (χ1) is 13.6. The van der Waals surface area contributed by atoms with Gasteiger partial charge in [0, 0.05) is 13.1 Å². The van der Waals surface area contributed by atoms with Gasteiger partial charge in [-0.1, -0.05) is 11.2 Å². The maximum absolute atomic E-state index is 13.8. The molecular weight excluding hydrogens is 361 g/mol. The van der Waals surface area contributed by atoms with Crippen molar-refractivity contribution in [1.29, 1.82) is 0 Å². The first-order valence-electron chi connectivity index (χ1n) is 10.1. The second kappa shape index (κ2) is 6.65. The van der Waals surface area contributed by atoms with Gasteiger partial charge in [-0.15, -0.1) is 0 Å². The maximum Gasteiger partial charge on any atom is 0.255 e. The van der Waals surface area contributed by atoms with E-state index < -0.39 is 6.10 Å². The van der Waals surface area contributed by atoms with Crippen LogP contribution in [0.1, 0.15) is 67.5 Å². The largest absolute Gasteiger partial charge is 0.355 e. The molecule has 0 bridgehead atoms. The van der Waals surface area contributed by atoms with Crippen molar-refractivity contribution in [2.45, 2.75) is 63.1 Å². The molecule has 28 heavy (non-hydrogen) atoms. The van der Waals surface area contributed by atoms with Crippen molar-refractivity contribution in [3.05, 3.63) is 46.9 Å². The van der Waals surface area contributed by atoms with Crippen LogP contribution in [-0.4, -0.2) is 40.1 Å². The summed E-state index contributed by atoms with van der Waals surface area (Å²) in [5.41, 5.74) is 1.59.